The van der Waals surface area contributed by atoms with E-state index in [4.69, 9.17) is 10.8 Å². The van der Waals surface area contributed by atoms with E-state index >= 15 is 0 Å². The van der Waals surface area contributed by atoms with Crippen LogP contribution >= 0.6 is 0 Å². The van der Waals surface area contributed by atoms with E-state index in [1.807, 2.05) is 38.1 Å². The van der Waals surface area contributed by atoms with Gasteiger partial charge in [-0.15, -0.1) is 0 Å². The molecule has 0 saturated carbocycles. The normalized spacial score (nSPS) is 11.4. The summed E-state index contributed by atoms with van der Waals surface area (Å²) >= 11 is 0. The number of benzene rings is 1. The number of anilines is 1. The topological polar surface area (TPSA) is 58.3 Å². The molecule has 0 aliphatic carbocycles. The fourth-order valence-corrected chi connectivity index (χ4v) is 1.06. The third-order valence-corrected chi connectivity index (χ3v) is 1.88. The zero-order chi connectivity index (χ0) is 10.6. The second-order valence-corrected chi connectivity index (χ2v) is 4.20. The van der Waals surface area contributed by atoms with Crippen molar-refractivity contribution in [1.29, 1.82) is 0 Å². The molecule has 1 aromatic rings. The average Bonchev–Trinajstić information content (AvgIpc) is 2.14. The molecule has 0 unspecified atom stereocenters. The van der Waals surface area contributed by atoms with Crippen molar-refractivity contribution in [3.05, 3.63) is 29.8 Å². The minimum absolute atomic E-state index is 0.0860. The molecular formula is C11H18N2O. The van der Waals surface area contributed by atoms with E-state index in [0.717, 1.165) is 17.8 Å². The summed E-state index contributed by atoms with van der Waals surface area (Å²) in [5, 5.41) is 12.1. The Labute approximate surface area is 84.9 Å². The van der Waals surface area contributed by atoms with Crippen LogP contribution < -0.4 is 11.1 Å². The number of nitrogens with two attached hydrogens (primary N) is 1. The van der Waals surface area contributed by atoms with Gasteiger partial charge in [0.25, 0.3) is 0 Å². The molecule has 0 aliphatic rings. The summed E-state index contributed by atoms with van der Waals surface area (Å²) in [6, 6.07) is 7.67. The molecule has 3 heteroatoms. The third kappa shape index (κ3) is 3.77. The highest BCUT2D eigenvalue weighted by Crippen LogP contribution is 2.10. The molecule has 0 aliphatic heterocycles. The molecule has 0 spiro atoms. The summed E-state index contributed by atoms with van der Waals surface area (Å²) in [5.41, 5.74) is 7.57. The van der Waals surface area contributed by atoms with Crippen LogP contribution in [0.1, 0.15) is 19.4 Å². The first kappa shape index (κ1) is 11.0. The second kappa shape index (κ2) is 4.44. The second-order valence-electron chi connectivity index (χ2n) is 4.20. The van der Waals surface area contributed by atoms with E-state index in [0.29, 0.717) is 0 Å². The Morgan fingerprint density at radius 2 is 1.86 bits per heavy atom. The van der Waals surface area contributed by atoms with E-state index < -0.39 is 0 Å². The van der Waals surface area contributed by atoms with Crippen molar-refractivity contribution in [2.24, 2.45) is 5.73 Å². The van der Waals surface area contributed by atoms with Gasteiger partial charge in [-0.1, -0.05) is 12.1 Å². The van der Waals surface area contributed by atoms with Crippen LogP contribution in [-0.4, -0.2) is 17.2 Å². The molecule has 3 nitrogen and oxygen atoms in total. The van der Waals surface area contributed by atoms with Crippen molar-refractivity contribution in [3.63, 3.8) is 0 Å². The molecule has 78 valence electrons. The van der Waals surface area contributed by atoms with Gasteiger partial charge in [-0.25, -0.2) is 0 Å². The molecule has 0 fully saturated rings. The van der Waals surface area contributed by atoms with Gasteiger partial charge in [0, 0.05) is 17.8 Å². The van der Waals surface area contributed by atoms with Crippen LogP contribution in [0.5, 0.6) is 0 Å². The predicted octanol–water partition coefficient (Wildman–Crippen LogP) is 1.33. The molecule has 0 radical (unpaired) electrons. The lowest BCUT2D eigenvalue weighted by molar-refractivity contribution is 0.282. The van der Waals surface area contributed by atoms with Crippen LogP contribution in [0.3, 0.4) is 0 Å². The van der Waals surface area contributed by atoms with Crippen molar-refractivity contribution in [3.8, 4) is 0 Å². The number of aliphatic hydroxyl groups excluding tert-OH is 1. The standard InChI is InChI=1S/C11H18N2O/c1-11(2,12)8-13-10-5-3-9(7-14)4-6-10/h3-6,13-14H,7-8,12H2,1-2H3. The first-order chi connectivity index (χ1) is 6.51. The van der Waals surface area contributed by atoms with Crippen LogP contribution in [0.2, 0.25) is 0 Å². The molecule has 0 saturated heterocycles. The average molecular weight is 194 g/mol. The van der Waals surface area contributed by atoms with E-state index in [1.54, 1.807) is 0 Å². The van der Waals surface area contributed by atoms with E-state index in [1.165, 1.54) is 0 Å². The minimum atomic E-state index is -0.213. The Balaban J connectivity index is 2.52. The minimum Gasteiger partial charge on any atom is -0.392 e. The van der Waals surface area contributed by atoms with Crippen molar-refractivity contribution in [1.82, 2.24) is 0 Å². The SMILES string of the molecule is CC(C)(N)CNc1ccc(CO)cc1. The maximum atomic E-state index is 8.85. The van der Waals surface area contributed by atoms with E-state index in [-0.39, 0.29) is 12.1 Å². The fraction of sp³-hybridized carbons (Fsp3) is 0.455. The molecule has 14 heavy (non-hydrogen) atoms. The van der Waals surface area contributed by atoms with E-state index in [9.17, 15) is 0 Å². The summed E-state index contributed by atoms with van der Waals surface area (Å²) in [6.07, 6.45) is 0. The summed E-state index contributed by atoms with van der Waals surface area (Å²) in [5.74, 6) is 0. The number of hydrogen-bond donors (Lipinski definition) is 3. The summed E-state index contributed by atoms with van der Waals surface area (Å²) < 4.78 is 0. The van der Waals surface area contributed by atoms with Gasteiger partial charge < -0.3 is 16.2 Å². The molecule has 0 bridgehead atoms. The lowest BCUT2D eigenvalue weighted by Gasteiger charge is -2.19. The summed E-state index contributed by atoms with van der Waals surface area (Å²) in [4.78, 5) is 0. The maximum Gasteiger partial charge on any atom is 0.0681 e. The predicted molar refractivity (Wildman–Crippen MR) is 59.1 cm³/mol. The fourth-order valence-electron chi connectivity index (χ4n) is 1.06. The van der Waals surface area contributed by atoms with E-state index in [2.05, 4.69) is 5.32 Å². The summed E-state index contributed by atoms with van der Waals surface area (Å²) in [6.45, 7) is 4.76. The van der Waals surface area contributed by atoms with Crippen LogP contribution in [0.15, 0.2) is 24.3 Å². The number of hydrogen-bond acceptors (Lipinski definition) is 3. The van der Waals surface area contributed by atoms with Gasteiger partial charge >= 0.3 is 0 Å². The number of rotatable bonds is 4. The Morgan fingerprint density at radius 3 is 2.29 bits per heavy atom. The first-order valence-corrected chi connectivity index (χ1v) is 4.74. The van der Waals surface area contributed by atoms with Crippen molar-refractivity contribution in [2.75, 3.05) is 11.9 Å². The van der Waals surface area contributed by atoms with Crippen LogP contribution in [0, 0.1) is 0 Å². The highest BCUT2D eigenvalue weighted by molar-refractivity contribution is 5.44. The van der Waals surface area contributed by atoms with Crippen molar-refractivity contribution < 1.29 is 5.11 Å². The van der Waals surface area contributed by atoms with Crippen molar-refractivity contribution in [2.45, 2.75) is 26.0 Å². The first-order valence-electron chi connectivity index (χ1n) is 4.74. The summed E-state index contributed by atoms with van der Waals surface area (Å²) in [7, 11) is 0. The Bertz CT molecular complexity index is 274. The monoisotopic (exact) mass is 194 g/mol. The Kier molecular flexibility index (Phi) is 3.49. The molecule has 4 N–H and O–H groups in total. The number of nitrogens with one attached hydrogen (secondary N) is 1. The van der Waals surface area contributed by atoms with Crippen LogP contribution in [-0.2, 0) is 6.61 Å². The highest BCUT2D eigenvalue weighted by atomic mass is 16.3. The molecule has 0 heterocycles. The lowest BCUT2D eigenvalue weighted by atomic mass is 10.1. The quantitative estimate of drug-likeness (QED) is 0.677. The van der Waals surface area contributed by atoms with Gasteiger partial charge in [-0.3, -0.25) is 0 Å². The van der Waals surface area contributed by atoms with Crippen LogP contribution in [0.4, 0.5) is 5.69 Å². The molecule has 0 atom stereocenters. The molecule has 1 aromatic carbocycles. The van der Waals surface area contributed by atoms with Gasteiger partial charge in [0.05, 0.1) is 6.61 Å². The van der Waals surface area contributed by atoms with Gasteiger partial charge in [0.2, 0.25) is 0 Å². The Hall–Kier alpha value is -1.06. The Morgan fingerprint density at radius 1 is 1.29 bits per heavy atom. The molecule has 1 rings (SSSR count). The zero-order valence-electron chi connectivity index (χ0n) is 8.75. The maximum absolute atomic E-state index is 8.85. The van der Waals surface area contributed by atoms with Gasteiger partial charge in [-0.2, -0.15) is 0 Å². The molecule has 0 amide bonds. The highest BCUT2D eigenvalue weighted by Gasteiger charge is 2.09. The smallest absolute Gasteiger partial charge is 0.0681 e. The third-order valence-electron chi connectivity index (χ3n) is 1.88. The van der Waals surface area contributed by atoms with Crippen molar-refractivity contribution >= 4 is 5.69 Å². The molecular weight excluding hydrogens is 176 g/mol. The van der Waals surface area contributed by atoms with Crippen LogP contribution in [0.25, 0.3) is 0 Å². The van der Waals surface area contributed by atoms with Gasteiger partial charge in [-0.05, 0) is 31.5 Å². The molecule has 0 aromatic heterocycles. The van der Waals surface area contributed by atoms with Gasteiger partial charge in [0.15, 0.2) is 0 Å². The lowest BCUT2D eigenvalue weighted by Crippen LogP contribution is -2.39. The number of aliphatic hydroxyl groups is 1. The largest absolute Gasteiger partial charge is 0.392 e. The zero-order valence-corrected chi connectivity index (χ0v) is 8.75. The van der Waals surface area contributed by atoms with Gasteiger partial charge in [0.1, 0.15) is 0 Å².